The van der Waals surface area contributed by atoms with Crippen molar-refractivity contribution >= 4 is 5.91 Å². The van der Waals surface area contributed by atoms with Crippen LogP contribution >= 0.6 is 0 Å². The first kappa shape index (κ1) is 21.4. The van der Waals surface area contributed by atoms with Gasteiger partial charge in [0.15, 0.2) is 0 Å². The van der Waals surface area contributed by atoms with Gasteiger partial charge in [-0.15, -0.1) is 0 Å². The van der Waals surface area contributed by atoms with Gasteiger partial charge in [-0.2, -0.15) is 0 Å². The molecule has 0 radical (unpaired) electrons. The Morgan fingerprint density at radius 2 is 1.83 bits per heavy atom. The molecule has 2 heteroatoms. The summed E-state index contributed by atoms with van der Waals surface area (Å²) in [5, 5.41) is 3.27. The highest BCUT2D eigenvalue weighted by atomic mass is 16.1. The third-order valence-electron chi connectivity index (χ3n) is 10.1. The summed E-state index contributed by atoms with van der Waals surface area (Å²) in [5.74, 6) is 5.90. The number of fused-ring (bicyclic) bond motifs is 5. The molecular formula is C27H45NO. The fraction of sp³-hybridized carbons (Fsp3) is 0.889. The topological polar surface area (TPSA) is 29.1 Å². The van der Waals surface area contributed by atoms with Crippen molar-refractivity contribution in [2.45, 2.75) is 99.3 Å². The van der Waals surface area contributed by atoms with Gasteiger partial charge in [0, 0.05) is 17.5 Å². The van der Waals surface area contributed by atoms with Gasteiger partial charge in [-0.3, -0.25) is 4.79 Å². The molecule has 29 heavy (non-hydrogen) atoms. The number of allylic oxidation sites excluding steroid dienone is 2. The molecule has 4 rings (SSSR count). The van der Waals surface area contributed by atoms with Crippen molar-refractivity contribution < 1.29 is 4.79 Å². The highest BCUT2D eigenvalue weighted by Crippen LogP contribution is 2.67. The van der Waals surface area contributed by atoms with Gasteiger partial charge in [0.1, 0.15) is 0 Å². The lowest BCUT2D eigenvalue weighted by molar-refractivity contribution is -0.126. The Morgan fingerprint density at radius 3 is 2.55 bits per heavy atom. The number of carbonyl (C=O) groups excluding carboxylic acids is 1. The molecular weight excluding hydrogens is 354 g/mol. The summed E-state index contributed by atoms with van der Waals surface area (Å²) in [7, 11) is 0. The minimum absolute atomic E-state index is 0.202. The summed E-state index contributed by atoms with van der Waals surface area (Å²) < 4.78 is 0. The zero-order chi connectivity index (χ0) is 21.0. The van der Waals surface area contributed by atoms with Crippen LogP contribution in [0.3, 0.4) is 0 Å². The molecule has 3 aliphatic carbocycles. The Hall–Kier alpha value is -0.790. The van der Waals surface area contributed by atoms with Crippen LogP contribution in [0.5, 0.6) is 0 Å². The van der Waals surface area contributed by atoms with E-state index >= 15 is 0 Å². The fourth-order valence-electron chi connectivity index (χ4n) is 8.55. The Kier molecular flexibility index (Phi) is 5.71. The second-order valence-electron chi connectivity index (χ2n) is 12.2. The lowest BCUT2D eigenvalue weighted by Crippen LogP contribution is -2.55. The highest BCUT2D eigenvalue weighted by molar-refractivity contribution is 5.79. The molecule has 1 saturated heterocycles. The molecule has 0 aromatic rings. The van der Waals surface area contributed by atoms with Gasteiger partial charge in [-0.25, -0.2) is 0 Å². The minimum atomic E-state index is 0.202. The van der Waals surface area contributed by atoms with Crippen molar-refractivity contribution in [2.24, 2.45) is 52.3 Å². The number of nitrogens with one attached hydrogen (secondary N) is 1. The van der Waals surface area contributed by atoms with Gasteiger partial charge in [-0.1, -0.05) is 66.9 Å². The first-order valence-electron chi connectivity index (χ1n) is 12.7. The number of hydrogen-bond donors (Lipinski definition) is 1. The van der Waals surface area contributed by atoms with Crippen LogP contribution in [0, 0.1) is 52.3 Å². The van der Waals surface area contributed by atoms with Gasteiger partial charge in [0.05, 0.1) is 0 Å². The predicted molar refractivity (Wildman–Crippen MR) is 121 cm³/mol. The molecule has 1 aliphatic heterocycles. The second kappa shape index (κ2) is 7.72. The summed E-state index contributed by atoms with van der Waals surface area (Å²) in [6.07, 6.45) is 14.1. The molecule has 1 N–H and O–H groups in total. The monoisotopic (exact) mass is 399 g/mol. The molecule has 0 bridgehead atoms. The zero-order valence-electron chi connectivity index (χ0n) is 19.9. The number of carbonyl (C=O) groups is 1. The predicted octanol–water partition coefficient (Wildman–Crippen LogP) is 6.96. The minimum Gasteiger partial charge on any atom is -0.330 e. The van der Waals surface area contributed by atoms with Gasteiger partial charge in [0.25, 0.3) is 0 Å². The van der Waals surface area contributed by atoms with Gasteiger partial charge in [0.2, 0.25) is 5.91 Å². The average molecular weight is 400 g/mol. The molecule has 1 heterocycles. The van der Waals surface area contributed by atoms with E-state index in [2.05, 4.69) is 52.9 Å². The van der Waals surface area contributed by atoms with Crippen molar-refractivity contribution in [1.82, 2.24) is 5.32 Å². The molecule has 6 unspecified atom stereocenters. The van der Waals surface area contributed by atoms with Crippen molar-refractivity contribution in [3.8, 4) is 0 Å². The van der Waals surface area contributed by atoms with E-state index in [4.69, 9.17) is 0 Å². The molecule has 0 aromatic heterocycles. The first-order chi connectivity index (χ1) is 13.7. The normalized spacial score (nSPS) is 45.1. The molecule has 0 spiro atoms. The summed E-state index contributed by atoms with van der Waals surface area (Å²) in [6, 6.07) is 0. The number of piperidine rings is 1. The van der Waals surface area contributed by atoms with Crippen molar-refractivity contribution in [3.05, 3.63) is 11.8 Å². The Labute approximate surface area is 179 Å². The van der Waals surface area contributed by atoms with E-state index < -0.39 is 0 Å². The Morgan fingerprint density at radius 1 is 1.07 bits per heavy atom. The third kappa shape index (κ3) is 3.51. The summed E-state index contributed by atoms with van der Waals surface area (Å²) in [5.41, 5.74) is 2.00. The van der Waals surface area contributed by atoms with Crippen molar-refractivity contribution in [2.75, 3.05) is 0 Å². The Bertz CT molecular complexity index is 665. The van der Waals surface area contributed by atoms with Crippen molar-refractivity contribution in [3.63, 3.8) is 0 Å². The van der Waals surface area contributed by atoms with Gasteiger partial charge in [-0.05, 0) is 78.9 Å². The number of rotatable bonds is 5. The standard InChI is InChI=1S/C27H45NO/c1-17(2)8-7-9-18(3)20-10-11-21-25-19(4)16-23-27(6,15-13-24(29)28-23)22(25)12-14-26(20,21)5/h16-22,25H,7-15H2,1-6H3,(H,28,29)/t18?,19-,20?,21?,22?,25?,26?,27+/m0/s1. The van der Waals surface area contributed by atoms with E-state index in [0.29, 0.717) is 17.8 Å². The van der Waals surface area contributed by atoms with E-state index in [1.54, 1.807) is 0 Å². The molecule has 2 nitrogen and oxygen atoms in total. The fourth-order valence-corrected chi connectivity index (χ4v) is 8.55. The van der Waals surface area contributed by atoms with Crippen LogP contribution in [0.1, 0.15) is 99.3 Å². The van der Waals surface area contributed by atoms with Crippen LogP contribution in [0.15, 0.2) is 11.8 Å². The maximum absolute atomic E-state index is 12.1. The summed E-state index contributed by atoms with van der Waals surface area (Å²) in [6.45, 7) is 14.9. The summed E-state index contributed by atoms with van der Waals surface area (Å²) >= 11 is 0. The lowest BCUT2D eigenvalue weighted by atomic mass is 9.46. The average Bonchev–Trinajstić information content (AvgIpc) is 3.00. The largest absolute Gasteiger partial charge is 0.330 e. The maximum atomic E-state index is 12.1. The van der Waals surface area contributed by atoms with E-state index in [1.165, 1.54) is 50.6 Å². The first-order valence-corrected chi connectivity index (χ1v) is 12.7. The zero-order valence-corrected chi connectivity index (χ0v) is 19.9. The molecule has 2 saturated carbocycles. The molecule has 1 amide bonds. The van der Waals surface area contributed by atoms with E-state index in [0.717, 1.165) is 41.9 Å². The number of amides is 1. The van der Waals surface area contributed by atoms with Gasteiger partial charge < -0.3 is 5.32 Å². The summed E-state index contributed by atoms with van der Waals surface area (Å²) in [4.78, 5) is 12.1. The lowest BCUT2D eigenvalue weighted by Gasteiger charge is -2.59. The van der Waals surface area contributed by atoms with Crippen LogP contribution in [0.25, 0.3) is 0 Å². The SMILES string of the molecule is CC(C)CCCC(C)C1CCC2C3C(CCC12C)[C@@]1(C)CCC(=O)NC1=C[C@@H]3C. The van der Waals surface area contributed by atoms with Crippen LogP contribution in [-0.4, -0.2) is 5.91 Å². The van der Waals surface area contributed by atoms with E-state index in [-0.39, 0.29) is 11.3 Å². The van der Waals surface area contributed by atoms with Crippen LogP contribution in [-0.2, 0) is 4.79 Å². The van der Waals surface area contributed by atoms with Crippen molar-refractivity contribution in [1.29, 1.82) is 0 Å². The van der Waals surface area contributed by atoms with Crippen LogP contribution < -0.4 is 5.32 Å². The smallest absolute Gasteiger partial charge is 0.224 e. The quantitative estimate of drug-likeness (QED) is 0.532. The van der Waals surface area contributed by atoms with Crippen LogP contribution in [0.4, 0.5) is 0 Å². The van der Waals surface area contributed by atoms with E-state index in [1.807, 2.05) is 0 Å². The molecule has 4 aliphatic rings. The molecule has 3 fully saturated rings. The molecule has 0 aromatic carbocycles. The maximum Gasteiger partial charge on any atom is 0.224 e. The van der Waals surface area contributed by atoms with Gasteiger partial charge >= 0.3 is 0 Å². The van der Waals surface area contributed by atoms with E-state index in [9.17, 15) is 4.79 Å². The molecule has 164 valence electrons. The number of hydrogen-bond acceptors (Lipinski definition) is 1. The Balaban J connectivity index is 1.54. The van der Waals surface area contributed by atoms with Crippen LogP contribution in [0.2, 0.25) is 0 Å². The second-order valence-corrected chi connectivity index (χ2v) is 12.2. The third-order valence-corrected chi connectivity index (χ3v) is 10.1. The molecule has 8 atom stereocenters. The highest BCUT2D eigenvalue weighted by Gasteiger charge is 2.60.